The first-order valence-corrected chi connectivity index (χ1v) is 9.03. The monoisotopic (exact) mass is 333 g/mol. The minimum absolute atomic E-state index is 0.0475. The normalized spacial score (nSPS) is 19.3. The molecule has 0 bridgehead atoms. The number of carboxylic acid groups (broad SMARTS) is 1. The maximum absolute atomic E-state index is 12.7. The molecule has 0 aliphatic carbocycles. The van der Waals surface area contributed by atoms with Crippen molar-refractivity contribution in [2.24, 2.45) is 5.92 Å². The Morgan fingerprint density at radius 1 is 1.57 bits per heavy atom. The summed E-state index contributed by atoms with van der Waals surface area (Å²) in [7, 11) is -3.66. The van der Waals surface area contributed by atoms with Crippen LogP contribution >= 0.6 is 11.3 Å². The maximum atomic E-state index is 12.7. The minimum Gasteiger partial charge on any atom is -0.477 e. The molecule has 8 heteroatoms. The smallest absolute Gasteiger partial charge is 0.345 e. The van der Waals surface area contributed by atoms with Crippen LogP contribution in [-0.2, 0) is 14.8 Å². The van der Waals surface area contributed by atoms with Crippen LogP contribution in [0.5, 0.6) is 0 Å². The number of carbonyl (C=O) groups is 1. The minimum atomic E-state index is -3.66. The first-order valence-electron chi connectivity index (χ1n) is 6.78. The lowest BCUT2D eigenvalue weighted by atomic mass is 10.1. The lowest BCUT2D eigenvalue weighted by molar-refractivity contribution is 0.0702. The molecule has 1 saturated heterocycles. The van der Waals surface area contributed by atoms with Gasteiger partial charge < -0.3 is 9.84 Å². The second kappa shape index (κ2) is 6.43. The Morgan fingerprint density at radius 3 is 2.76 bits per heavy atom. The number of thiophene rings is 1. The molecule has 1 aliphatic heterocycles. The number of aromatic carboxylic acids is 1. The Morgan fingerprint density at radius 2 is 2.29 bits per heavy atom. The molecular formula is C13H19NO5S2. The fourth-order valence-corrected chi connectivity index (χ4v) is 5.30. The van der Waals surface area contributed by atoms with Crippen LogP contribution in [0.4, 0.5) is 0 Å². The SMILES string of the molecule is CCN(CC1CCOC1)S(=O)(=O)c1cc(C(=O)O)sc1C. The second-order valence-corrected chi connectivity index (χ2v) is 8.18. The van der Waals surface area contributed by atoms with Crippen LogP contribution in [-0.4, -0.2) is 50.1 Å². The Kier molecular flexibility index (Phi) is 5.03. The molecule has 0 amide bonds. The van der Waals surface area contributed by atoms with Gasteiger partial charge in [0.2, 0.25) is 10.0 Å². The third-order valence-corrected chi connectivity index (χ3v) is 6.77. The van der Waals surface area contributed by atoms with E-state index in [4.69, 9.17) is 9.84 Å². The van der Waals surface area contributed by atoms with E-state index in [2.05, 4.69) is 0 Å². The number of hydrogen-bond acceptors (Lipinski definition) is 5. The first-order chi connectivity index (χ1) is 9.86. The summed E-state index contributed by atoms with van der Waals surface area (Å²) < 4.78 is 32.1. The van der Waals surface area contributed by atoms with Gasteiger partial charge in [-0.2, -0.15) is 4.31 Å². The van der Waals surface area contributed by atoms with Gasteiger partial charge in [0.25, 0.3) is 0 Å². The molecule has 6 nitrogen and oxygen atoms in total. The molecule has 1 fully saturated rings. The van der Waals surface area contributed by atoms with Crippen molar-refractivity contribution >= 4 is 27.3 Å². The van der Waals surface area contributed by atoms with Crippen molar-refractivity contribution in [3.63, 3.8) is 0 Å². The number of carboxylic acids is 1. The molecule has 21 heavy (non-hydrogen) atoms. The van der Waals surface area contributed by atoms with Gasteiger partial charge in [-0.05, 0) is 25.3 Å². The van der Waals surface area contributed by atoms with Crippen LogP contribution in [0.3, 0.4) is 0 Å². The van der Waals surface area contributed by atoms with E-state index in [0.29, 0.717) is 31.2 Å². The predicted octanol–water partition coefficient (Wildman–Crippen LogP) is 1.80. The van der Waals surface area contributed by atoms with E-state index in [1.807, 2.05) is 0 Å². The Hall–Kier alpha value is -0.960. The van der Waals surface area contributed by atoms with Crippen molar-refractivity contribution in [3.8, 4) is 0 Å². The number of nitrogens with zero attached hydrogens (tertiary/aromatic N) is 1. The van der Waals surface area contributed by atoms with Crippen molar-refractivity contribution in [2.45, 2.75) is 25.2 Å². The zero-order chi connectivity index (χ0) is 15.6. The lowest BCUT2D eigenvalue weighted by Crippen LogP contribution is -2.35. The first kappa shape index (κ1) is 16.4. The van der Waals surface area contributed by atoms with Crippen LogP contribution in [0.15, 0.2) is 11.0 Å². The largest absolute Gasteiger partial charge is 0.477 e. The van der Waals surface area contributed by atoms with Crippen LogP contribution in [0, 0.1) is 12.8 Å². The summed E-state index contributed by atoms with van der Waals surface area (Å²) in [6, 6.07) is 1.26. The molecule has 2 heterocycles. The average molecular weight is 333 g/mol. The van der Waals surface area contributed by atoms with E-state index in [1.165, 1.54) is 10.4 Å². The Bertz CT molecular complexity index is 617. The van der Waals surface area contributed by atoms with Gasteiger partial charge in [-0.15, -0.1) is 11.3 Å². The van der Waals surface area contributed by atoms with Gasteiger partial charge in [-0.3, -0.25) is 0 Å². The van der Waals surface area contributed by atoms with Crippen molar-refractivity contribution < 1.29 is 23.1 Å². The maximum Gasteiger partial charge on any atom is 0.345 e. The number of aryl methyl sites for hydroxylation is 1. The number of sulfonamides is 1. The molecule has 1 aliphatic rings. The summed E-state index contributed by atoms with van der Waals surface area (Å²) in [5, 5.41) is 9.00. The van der Waals surface area contributed by atoms with Gasteiger partial charge in [0, 0.05) is 24.6 Å². The molecule has 0 radical (unpaired) electrons. The van der Waals surface area contributed by atoms with Gasteiger partial charge in [-0.25, -0.2) is 13.2 Å². The van der Waals surface area contributed by atoms with Crippen molar-refractivity contribution in [3.05, 3.63) is 15.8 Å². The Balaban J connectivity index is 2.27. The topological polar surface area (TPSA) is 83.9 Å². The fourth-order valence-electron chi connectivity index (χ4n) is 2.38. The molecule has 2 rings (SSSR count). The highest BCUT2D eigenvalue weighted by Crippen LogP contribution is 2.29. The highest BCUT2D eigenvalue weighted by molar-refractivity contribution is 7.89. The van der Waals surface area contributed by atoms with E-state index in [1.54, 1.807) is 13.8 Å². The van der Waals surface area contributed by atoms with Crippen LogP contribution in [0.1, 0.15) is 27.9 Å². The average Bonchev–Trinajstić information content (AvgIpc) is 3.04. The highest BCUT2D eigenvalue weighted by atomic mass is 32.2. The molecule has 1 atom stereocenters. The van der Waals surface area contributed by atoms with E-state index >= 15 is 0 Å². The zero-order valence-corrected chi connectivity index (χ0v) is 13.7. The van der Waals surface area contributed by atoms with Gasteiger partial charge >= 0.3 is 5.97 Å². The van der Waals surface area contributed by atoms with E-state index in [0.717, 1.165) is 17.8 Å². The quantitative estimate of drug-likeness (QED) is 0.858. The van der Waals surface area contributed by atoms with E-state index in [9.17, 15) is 13.2 Å². The number of rotatable bonds is 6. The zero-order valence-electron chi connectivity index (χ0n) is 12.0. The van der Waals surface area contributed by atoms with Gasteiger partial charge in [-0.1, -0.05) is 6.92 Å². The summed E-state index contributed by atoms with van der Waals surface area (Å²) in [6.07, 6.45) is 0.856. The molecule has 1 N–H and O–H groups in total. The molecule has 1 aromatic heterocycles. The molecule has 0 saturated carbocycles. The van der Waals surface area contributed by atoms with Crippen molar-refractivity contribution in [2.75, 3.05) is 26.3 Å². The van der Waals surface area contributed by atoms with E-state index in [-0.39, 0.29) is 15.7 Å². The van der Waals surface area contributed by atoms with Crippen LogP contribution < -0.4 is 0 Å². The van der Waals surface area contributed by atoms with Crippen molar-refractivity contribution in [1.82, 2.24) is 4.31 Å². The fraction of sp³-hybridized carbons (Fsp3) is 0.615. The summed E-state index contributed by atoms with van der Waals surface area (Å²) in [4.78, 5) is 11.7. The van der Waals surface area contributed by atoms with Gasteiger partial charge in [0.05, 0.1) is 11.5 Å². The summed E-state index contributed by atoms with van der Waals surface area (Å²) in [5.41, 5.74) is 0. The van der Waals surface area contributed by atoms with E-state index < -0.39 is 16.0 Å². The summed E-state index contributed by atoms with van der Waals surface area (Å²) in [6.45, 7) is 5.44. The molecule has 1 unspecified atom stereocenters. The summed E-state index contributed by atoms with van der Waals surface area (Å²) >= 11 is 0.990. The Labute approximate surface area is 128 Å². The lowest BCUT2D eigenvalue weighted by Gasteiger charge is -2.23. The third kappa shape index (κ3) is 3.45. The standard InChI is InChI=1S/C13H19NO5S2/c1-3-14(7-10-4-5-19-8-10)21(17,18)12-6-11(13(15)16)20-9(12)2/h6,10H,3-5,7-8H2,1-2H3,(H,15,16). The van der Waals surface area contributed by atoms with Gasteiger partial charge in [0.1, 0.15) is 4.88 Å². The highest BCUT2D eigenvalue weighted by Gasteiger charge is 2.30. The van der Waals surface area contributed by atoms with Crippen LogP contribution in [0.25, 0.3) is 0 Å². The predicted molar refractivity (Wildman–Crippen MR) is 79.4 cm³/mol. The molecule has 118 valence electrons. The second-order valence-electron chi connectivity index (χ2n) is 5.02. The summed E-state index contributed by atoms with van der Waals surface area (Å²) in [5.74, 6) is -0.894. The molecular weight excluding hydrogens is 314 g/mol. The molecule has 0 aromatic carbocycles. The van der Waals surface area contributed by atoms with Gasteiger partial charge in [0.15, 0.2) is 0 Å². The number of ether oxygens (including phenoxy) is 1. The molecule has 0 spiro atoms. The third-order valence-electron chi connectivity index (χ3n) is 3.54. The van der Waals surface area contributed by atoms with Crippen molar-refractivity contribution in [1.29, 1.82) is 0 Å². The van der Waals surface area contributed by atoms with Crippen LogP contribution in [0.2, 0.25) is 0 Å². The number of hydrogen-bond donors (Lipinski definition) is 1. The molecule has 1 aromatic rings.